The maximum atomic E-state index is 13.3. The zero-order chi connectivity index (χ0) is 22.0. The molecule has 1 aromatic carbocycles. The highest BCUT2D eigenvalue weighted by Crippen LogP contribution is 2.47. The van der Waals surface area contributed by atoms with Crippen molar-refractivity contribution in [2.45, 2.75) is 23.6 Å². The molecular formula is C21H22ClN3O4S2. The minimum absolute atomic E-state index is 0.0566. The van der Waals surface area contributed by atoms with Crippen LogP contribution in [-0.2, 0) is 20.1 Å². The Balaban J connectivity index is 1.60. The Kier molecular flexibility index (Phi) is 4.68. The number of amidine groups is 1. The number of aromatic amines is 1. The van der Waals surface area contributed by atoms with E-state index in [1.807, 2.05) is 30.3 Å². The molecule has 0 amide bonds. The van der Waals surface area contributed by atoms with Gasteiger partial charge in [-0.1, -0.05) is 23.7 Å². The van der Waals surface area contributed by atoms with Gasteiger partial charge >= 0.3 is 0 Å². The summed E-state index contributed by atoms with van der Waals surface area (Å²) in [5, 5.41) is 1.48. The van der Waals surface area contributed by atoms with Gasteiger partial charge in [-0.15, -0.1) is 11.3 Å². The fourth-order valence-corrected chi connectivity index (χ4v) is 8.42. The number of nitrogens with one attached hydrogen (secondary N) is 1. The second-order valence-corrected chi connectivity index (χ2v) is 12.0. The topological polar surface area (TPSA) is 107 Å². The van der Waals surface area contributed by atoms with Crippen LogP contribution in [-0.4, -0.2) is 50.1 Å². The number of aromatic nitrogens is 1. The SMILES string of the molecule is COc1cccc2cc(-c3cc(Cl)c(C4(C)CS(=O)(=O)C5(CCOC5)C(N)=N4)s3)[nH]c12. The van der Waals surface area contributed by atoms with Crippen LogP contribution in [0.1, 0.15) is 18.2 Å². The number of H-pyrrole nitrogens is 1. The van der Waals surface area contributed by atoms with Crippen LogP contribution in [0.4, 0.5) is 0 Å². The van der Waals surface area contributed by atoms with Crippen LogP contribution in [0.15, 0.2) is 35.3 Å². The third-order valence-electron chi connectivity index (χ3n) is 6.17. The van der Waals surface area contributed by atoms with Crippen molar-refractivity contribution in [3.8, 4) is 16.3 Å². The highest BCUT2D eigenvalue weighted by molar-refractivity contribution is 7.93. The third-order valence-corrected chi connectivity index (χ3v) is 10.7. The van der Waals surface area contributed by atoms with Crippen molar-refractivity contribution in [3.63, 3.8) is 0 Å². The molecule has 1 spiro atoms. The number of hydrogen-bond acceptors (Lipinski definition) is 7. The molecule has 2 aromatic heterocycles. The minimum atomic E-state index is -3.59. The Labute approximate surface area is 189 Å². The van der Waals surface area contributed by atoms with E-state index in [9.17, 15) is 8.42 Å². The molecule has 1 saturated heterocycles. The van der Waals surface area contributed by atoms with Crippen LogP contribution in [0.2, 0.25) is 5.02 Å². The summed E-state index contributed by atoms with van der Waals surface area (Å²) in [6.45, 7) is 2.19. The van der Waals surface area contributed by atoms with E-state index in [2.05, 4.69) is 9.98 Å². The van der Waals surface area contributed by atoms with E-state index in [0.29, 0.717) is 22.9 Å². The highest BCUT2D eigenvalue weighted by Gasteiger charge is 2.57. The van der Waals surface area contributed by atoms with Gasteiger partial charge in [-0.05, 0) is 31.5 Å². The van der Waals surface area contributed by atoms with Gasteiger partial charge in [0.1, 0.15) is 17.1 Å². The molecule has 5 rings (SSSR count). The van der Waals surface area contributed by atoms with Crippen LogP contribution in [0.25, 0.3) is 21.5 Å². The lowest BCUT2D eigenvalue weighted by Crippen LogP contribution is -2.58. The van der Waals surface area contributed by atoms with Crippen LogP contribution in [0, 0.1) is 0 Å². The first-order valence-electron chi connectivity index (χ1n) is 9.81. The molecule has 2 atom stereocenters. The summed E-state index contributed by atoms with van der Waals surface area (Å²) in [7, 11) is -1.96. The van der Waals surface area contributed by atoms with Crippen molar-refractivity contribution in [2.75, 3.05) is 26.1 Å². The van der Waals surface area contributed by atoms with Crippen LogP contribution < -0.4 is 10.5 Å². The number of nitrogens with zero attached hydrogens (tertiary/aromatic N) is 1. The van der Waals surface area contributed by atoms with Crippen LogP contribution >= 0.6 is 22.9 Å². The van der Waals surface area contributed by atoms with Crippen LogP contribution in [0.5, 0.6) is 5.75 Å². The summed E-state index contributed by atoms with van der Waals surface area (Å²) in [6.07, 6.45) is 0.334. The summed E-state index contributed by atoms with van der Waals surface area (Å²) in [5.74, 6) is 0.697. The maximum absolute atomic E-state index is 13.3. The quantitative estimate of drug-likeness (QED) is 0.595. The van der Waals surface area contributed by atoms with E-state index >= 15 is 0 Å². The Morgan fingerprint density at radius 2 is 2.16 bits per heavy atom. The summed E-state index contributed by atoms with van der Waals surface area (Å²) in [4.78, 5) is 9.63. The van der Waals surface area contributed by atoms with Gasteiger partial charge in [-0.2, -0.15) is 0 Å². The van der Waals surface area contributed by atoms with E-state index < -0.39 is 20.1 Å². The number of halogens is 1. The van der Waals surface area contributed by atoms with Crippen molar-refractivity contribution < 1.29 is 17.9 Å². The Bertz CT molecular complexity index is 1320. The number of para-hydroxylation sites is 1. The number of ether oxygens (including phenoxy) is 2. The maximum Gasteiger partial charge on any atom is 0.168 e. The number of hydrogen-bond donors (Lipinski definition) is 2. The van der Waals surface area contributed by atoms with Crippen molar-refractivity contribution in [1.82, 2.24) is 4.98 Å². The van der Waals surface area contributed by atoms with Crippen molar-refractivity contribution in [3.05, 3.63) is 40.2 Å². The number of fused-ring (bicyclic) bond motifs is 1. The normalized spacial score (nSPS) is 27.6. The zero-order valence-corrected chi connectivity index (χ0v) is 19.5. The molecule has 0 aliphatic carbocycles. The lowest BCUT2D eigenvalue weighted by Gasteiger charge is -2.38. The second kappa shape index (κ2) is 6.96. The Morgan fingerprint density at radius 3 is 2.84 bits per heavy atom. The van der Waals surface area contributed by atoms with Gasteiger partial charge in [0.05, 0.1) is 45.5 Å². The molecule has 3 N–H and O–H groups in total. The van der Waals surface area contributed by atoms with E-state index in [1.54, 1.807) is 14.0 Å². The second-order valence-electron chi connectivity index (χ2n) is 8.22. The predicted molar refractivity (Wildman–Crippen MR) is 124 cm³/mol. The van der Waals surface area contributed by atoms with E-state index in [0.717, 1.165) is 27.2 Å². The number of rotatable bonds is 3. The highest BCUT2D eigenvalue weighted by atomic mass is 35.5. The average Bonchev–Trinajstić information content (AvgIpc) is 3.44. The number of aliphatic imine (C=N–C) groups is 1. The first-order chi connectivity index (χ1) is 14.7. The van der Waals surface area contributed by atoms with E-state index in [4.69, 9.17) is 26.8 Å². The van der Waals surface area contributed by atoms with E-state index in [-0.39, 0.29) is 18.2 Å². The molecule has 31 heavy (non-hydrogen) atoms. The number of nitrogens with two attached hydrogens (primary N) is 1. The number of benzene rings is 1. The summed E-state index contributed by atoms with van der Waals surface area (Å²) >= 11 is 8.03. The smallest absolute Gasteiger partial charge is 0.168 e. The van der Waals surface area contributed by atoms with Gasteiger partial charge in [-0.25, -0.2) is 8.42 Å². The molecule has 2 aliphatic rings. The predicted octanol–water partition coefficient (Wildman–Crippen LogP) is 3.72. The van der Waals surface area contributed by atoms with Gasteiger partial charge < -0.3 is 20.2 Å². The minimum Gasteiger partial charge on any atom is -0.495 e. The first-order valence-corrected chi connectivity index (χ1v) is 12.7. The molecule has 0 saturated carbocycles. The molecule has 2 aliphatic heterocycles. The monoisotopic (exact) mass is 479 g/mol. The first kappa shape index (κ1) is 20.8. The molecular weight excluding hydrogens is 458 g/mol. The molecule has 0 bridgehead atoms. The molecule has 0 radical (unpaired) electrons. The van der Waals surface area contributed by atoms with Crippen molar-refractivity contribution in [2.24, 2.45) is 10.7 Å². The standard InChI is InChI=1S/C21H22ClN3O4S2/c1-20(11-31(26,27)21(19(23)25-20)6-7-29-10-21)18-13(22)9-16(30-18)14-8-12-4-3-5-15(28-2)17(12)24-14/h3-5,8-9,24H,6-7,10-11H2,1-2H3,(H2,23,25). The summed E-state index contributed by atoms with van der Waals surface area (Å²) < 4.78 is 36.2. The Morgan fingerprint density at radius 1 is 1.35 bits per heavy atom. The summed E-state index contributed by atoms with van der Waals surface area (Å²) in [6, 6.07) is 9.68. The molecule has 164 valence electrons. The fourth-order valence-electron chi connectivity index (χ4n) is 4.48. The molecule has 10 heteroatoms. The Hall–Kier alpha value is -2.07. The molecule has 1 fully saturated rings. The third kappa shape index (κ3) is 3.01. The number of methoxy groups -OCH3 is 1. The van der Waals surface area contributed by atoms with Gasteiger partial charge in [0.25, 0.3) is 0 Å². The van der Waals surface area contributed by atoms with Gasteiger partial charge in [0, 0.05) is 12.0 Å². The summed E-state index contributed by atoms with van der Waals surface area (Å²) in [5.41, 5.74) is 6.96. The average molecular weight is 480 g/mol. The van der Waals surface area contributed by atoms with Gasteiger partial charge in [-0.3, -0.25) is 4.99 Å². The van der Waals surface area contributed by atoms with Crippen molar-refractivity contribution >= 4 is 49.5 Å². The lowest BCUT2D eigenvalue weighted by molar-refractivity contribution is 0.194. The van der Waals surface area contributed by atoms with Gasteiger partial charge in [0.2, 0.25) is 0 Å². The van der Waals surface area contributed by atoms with E-state index in [1.165, 1.54) is 11.3 Å². The van der Waals surface area contributed by atoms with Gasteiger partial charge in [0.15, 0.2) is 14.6 Å². The number of thiophene rings is 1. The largest absolute Gasteiger partial charge is 0.495 e. The molecule has 2 unspecified atom stereocenters. The zero-order valence-electron chi connectivity index (χ0n) is 17.1. The molecule has 7 nitrogen and oxygen atoms in total. The number of sulfone groups is 1. The van der Waals surface area contributed by atoms with Crippen molar-refractivity contribution in [1.29, 1.82) is 0 Å². The molecule has 4 heterocycles. The lowest BCUT2D eigenvalue weighted by atomic mass is 10.0. The molecule has 3 aromatic rings. The fraction of sp³-hybridized carbons (Fsp3) is 0.381. The van der Waals surface area contributed by atoms with Crippen LogP contribution in [0.3, 0.4) is 0 Å².